The molecule has 1 amide bonds. The zero-order valence-electron chi connectivity index (χ0n) is 16.5. The Morgan fingerprint density at radius 1 is 1.29 bits per heavy atom. The van der Waals surface area contributed by atoms with E-state index in [2.05, 4.69) is 15.4 Å². The summed E-state index contributed by atoms with van der Waals surface area (Å²) in [4.78, 5) is 16.9. The second kappa shape index (κ2) is 7.82. The number of nitrogens with two attached hydrogens (primary N) is 1. The summed E-state index contributed by atoms with van der Waals surface area (Å²) in [6.07, 6.45) is 0. The molecule has 0 saturated carbocycles. The molecule has 2 aliphatic heterocycles. The third-order valence-electron chi connectivity index (χ3n) is 5.13. The Morgan fingerprint density at radius 3 is 2.90 bits per heavy atom. The standard InChI is InChI=1S/C21H18ClN5O3S/c1-11-17(19(23)28)18(12-6-7-15-16(8-12)30-10-29-15)27-20(24-11)25-21(26-27)31-9-13-4-2-3-5-14(13)22/h2-8,18H,9-10H2,1H3,(H2,23,28)(H,24,25,26)/t18-/m0/s1. The van der Waals surface area contributed by atoms with E-state index in [1.165, 1.54) is 11.8 Å². The van der Waals surface area contributed by atoms with Gasteiger partial charge in [0.2, 0.25) is 23.8 Å². The van der Waals surface area contributed by atoms with Gasteiger partial charge >= 0.3 is 0 Å². The minimum absolute atomic E-state index is 0.167. The summed E-state index contributed by atoms with van der Waals surface area (Å²) in [6, 6.07) is 12.7. The molecule has 0 spiro atoms. The van der Waals surface area contributed by atoms with E-state index < -0.39 is 11.9 Å². The number of halogens is 1. The molecule has 8 nitrogen and oxygen atoms in total. The normalized spacial score (nSPS) is 16.8. The van der Waals surface area contributed by atoms with Gasteiger partial charge in [-0.2, -0.15) is 4.98 Å². The van der Waals surface area contributed by atoms with Crippen LogP contribution in [-0.4, -0.2) is 27.5 Å². The third kappa shape index (κ3) is 3.60. The molecule has 0 aliphatic carbocycles. The van der Waals surface area contributed by atoms with Crippen LogP contribution in [-0.2, 0) is 10.5 Å². The lowest BCUT2D eigenvalue weighted by Crippen LogP contribution is -2.31. The zero-order chi connectivity index (χ0) is 21.5. The fourth-order valence-corrected chi connectivity index (χ4v) is 4.78. The maximum Gasteiger partial charge on any atom is 0.248 e. The van der Waals surface area contributed by atoms with Gasteiger partial charge in [-0.3, -0.25) is 4.79 Å². The number of ether oxygens (including phenoxy) is 2. The fraction of sp³-hybridized carbons (Fsp3) is 0.190. The number of allylic oxidation sites excluding steroid dienone is 1. The first kappa shape index (κ1) is 19.8. The van der Waals surface area contributed by atoms with Crippen LogP contribution in [0.3, 0.4) is 0 Å². The Hall–Kier alpha value is -3.17. The van der Waals surface area contributed by atoms with Gasteiger partial charge in [-0.25, -0.2) is 4.68 Å². The van der Waals surface area contributed by atoms with Crippen LogP contribution in [0.5, 0.6) is 11.5 Å². The van der Waals surface area contributed by atoms with Crippen LogP contribution >= 0.6 is 23.4 Å². The lowest BCUT2D eigenvalue weighted by atomic mass is 9.95. The Morgan fingerprint density at radius 2 is 2.10 bits per heavy atom. The SMILES string of the molecule is CC1=C(C(N)=O)[C@H](c2ccc3c(c2)OCO3)n2nc(SCc3ccccc3Cl)nc2N1. The van der Waals surface area contributed by atoms with Crippen LogP contribution in [0.2, 0.25) is 5.02 Å². The van der Waals surface area contributed by atoms with E-state index in [-0.39, 0.29) is 6.79 Å². The quantitative estimate of drug-likeness (QED) is 0.565. The van der Waals surface area contributed by atoms with Crippen molar-refractivity contribution in [2.45, 2.75) is 23.9 Å². The maximum absolute atomic E-state index is 12.3. The van der Waals surface area contributed by atoms with Crippen molar-refractivity contribution in [1.82, 2.24) is 14.8 Å². The Bertz CT molecular complexity index is 1230. The predicted molar refractivity (Wildman–Crippen MR) is 117 cm³/mol. The molecular weight excluding hydrogens is 438 g/mol. The molecule has 0 radical (unpaired) electrons. The molecule has 0 saturated heterocycles. The summed E-state index contributed by atoms with van der Waals surface area (Å²) < 4.78 is 12.6. The highest BCUT2D eigenvalue weighted by Gasteiger charge is 2.34. The molecule has 1 aromatic heterocycles. The topological polar surface area (TPSA) is 104 Å². The first-order chi connectivity index (χ1) is 15.0. The van der Waals surface area contributed by atoms with Crippen molar-refractivity contribution in [3.63, 3.8) is 0 Å². The van der Waals surface area contributed by atoms with Crippen molar-refractivity contribution in [2.75, 3.05) is 12.1 Å². The number of primary amides is 1. The number of nitrogens with one attached hydrogen (secondary N) is 1. The van der Waals surface area contributed by atoms with Crippen LogP contribution in [0.4, 0.5) is 5.95 Å². The molecule has 1 atom stereocenters. The molecule has 158 valence electrons. The molecule has 31 heavy (non-hydrogen) atoms. The smallest absolute Gasteiger partial charge is 0.248 e. The first-order valence-corrected chi connectivity index (χ1v) is 10.9. The number of benzene rings is 2. The molecular formula is C21H18ClN5O3S. The minimum atomic E-state index is -0.537. The van der Waals surface area contributed by atoms with Gasteiger partial charge in [0.25, 0.3) is 0 Å². The minimum Gasteiger partial charge on any atom is -0.454 e. The molecule has 2 aliphatic rings. The van der Waals surface area contributed by atoms with Gasteiger partial charge < -0.3 is 20.5 Å². The van der Waals surface area contributed by atoms with Crippen molar-refractivity contribution in [3.8, 4) is 11.5 Å². The summed E-state index contributed by atoms with van der Waals surface area (Å²) >= 11 is 7.72. The van der Waals surface area contributed by atoms with Crippen molar-refractivity contribution < 1.29 is 14.3 Å². The van der Waals surface area contributed by atoms with Crippen LogP contribution < -0.4 is 20.5 Å². The highest BCUT2D eigenvalue weighted by Crippen LogP contribution is 2.40. The molecule has 3 N–H and O–H groups in total. The van der Waals surface area contributed by atoms with Crippen LogP contribution in [0.25, 0.3) is 0 Å². The monoisotopic (exact) mass is 455 g/mol. The summed E-state index contributed by atoms with van der Waals surface area (Å²) in [5, 5.41) is 9.07. The van der Waals surface area contributed by atoms with Gasteiger partial charge in [0.15, 0.2) is 11.5 Å². The van der Waals surface area contributed by atoms with E-state index in [0.29, 0.717) is 44.6 Å². The van der Waals surface area contributed by atoms with Gasteiger partial charge in [0.05, 0.1) is 5.57 Å². The van der Waals surface area contributed by atoms with Gasteiger partial charge in [-0.15, -0.1) is 5.10 Å². The van der Waals surface area contributed by atoms with Gasteiger partial charge in [-0.1, -0.05) is 47.6 Å². The molecule has 0 fully saturated rings. The average molecular weight is 456 g/mol. The summed E-state index contributed by atoms with van der Waals surface area (Å²) in [5.74, 6) is 1.90. The van der Waals surface area contributed by atoms with E-state index in [9.17, 15) is 4.79 Å². The van der Waals surface area contributed by atoms with Gasteiger partial charge in [0, 0.05) is 16.5 Å². The molecule has 5 rings (SSSR count). The number of aromatic nitrogens is 3. The second-order valence-corrected chi connectivity index (χ2v) is 8.44. The number of carbonyl (C=O) groups is 1. The van der Waals surface area contributed by atoms with Crippen molar-refractivity contribution in [1.29, 1.82) is 0 Å². The van der Waals surface area contributed by atoms with Crippen molar-refractivity contribution >= 4 is 35.2 Å². The Balaban J connectivity index is 1.51. The van der Waals surface area contributed by atoms with E-state index in [1.54, 1.807) is 11.6 Å². The molecule has 10 heteroatoms. The van der Waals surface area contributed by atoms with E-state index in [4.69, 9.17) is 26.8 Å². The number of rotatable bonds is 5. The highest BCUT2D eigenvalue weighted by molar-refractivity contribution is 7.98. The lowest BCUT2D eigenvalue weighted by Gasteiger charge is -2.27. The maximum atomic E-state index is 12.3. The van der Waals surface area contributed by atoms with Gasteiger partial charge in [0.1, 0.15) is 6.04 Å². The molecule has 3 heterocycles. The molecule has 0 bridgehead atoms. The van der Waals surface area contributed by atoms with E-state index in [0.717, 1.165) is 11.1 Å². The summed E-state index contributed by atoms with van der Waals surface area (Å²) in [7, 11) is 0. The third-order valence-corrected chi connectivity index (χ3v) is 6.38. The van der Waals surface area contributed by atoms with E-state index in [1.807, 2.05) is 42.5 Å². The fourth-order valence-electron chi connectivity index (χ4n) is 3.66. The zero-order valence-corrected chi connectivity index (χ0v) is 18.0. The van der Waals surface area contributed by atoms with Crippen LogP contribution in [0.15, 0.2) is 58.9 Å². The lowest BCUT2D eigenvalue weighted by molar-refractivity contribution is -0.115. The number of carbonyl (C=O) groups excluding carboxylic acids is 1. The number of thioether (sulfide) groups is 1. The number of hydrogen-bond donors (Lipinski definition) is 2. The number of hydrogen-bond acceptors (Lipinski definition) is 7. The first-order valence-electron chi connectivity index (χ1n) is 9.51. The Kier molecular flexibility index (Phi) is 4.99. The largest absolute Gasteiger partial charge is 0.454 e. The predicted octanol–water partition coefficient (Wildman–Crippen LogP) is 3.73. The average Bonchev–Trinajstić information content (AvgIpc) is 3.37. The van der Waals surface area contributed by atoms with Crippen molar-refractivity contribution in [2.24, 2.45) is 5.73 Å². The summed E-state index contributed by atoms with van der Waals surface area (Å²) in [6.45, 7) is 1.97. The molecule has 3 aromatic rings. The van der Waals surface area contributed by atoms with Crippen LogP contribution in [0, 0.1) is 0 Å². The molecule has 0 unspecified atom stereocenters. The second-order valence-electron chi connectivity index (χ2n) is 7.09. The number of fused-ring (bicyclic) bond motifs is 2. The van der Waals surface area contributed by atoms with E-state index >= 15 is 0 Å². The summed E-state index contributed by atoms with van der Waals surface area (Å²) in [5.41, 5.74) is 8.59. The number of amides is 1. The number of nitrogens with zero attached hydrogens (tertiary/aromatic N) is 3. The van der Waals surface area contributed by atoms with Crippen LogP contribution in [0.1, 0.15) is 24.1 Å². The van der Waals surface area contributed by atoms with Crippen molar-refractivity contribution in [3.05, 3.63) is 69.9 Å². The number of anilines is 1. The highest BCUT2D eigenvalue weighted by atomic mass is 35.5. The molecule has 2 aromatic carbocycles. The Labute approximate surface area is 187 Å². The van der Waals surface area contributed by atoms with Gasteiger partial charge in [-0.05, 0) is 36.2 Å².